The van der Waals surface area contributed by atoms with E-state index < -0.39 is 0 Å². The molecule has 0 bridgehead atoms. The molecule has 32 heavy (non-hydrogen) atoms. The van der Waals surface area contributed by atoms with Gasteiger partial charge in [0.25, 0.3) is 5.56 Å². The van der Waals surface area contributed by atoms with Crippen LogP contribution < -0.4 is 15.8 Å². The van der Waals surface area contributed by atoms with Crippen molar-refractivity contribution in [1.82, 2.24) is 9.55 Å². The van der Waals surface area contributed by atoms with Crippen molar-refractivity contribution in [3.05, 3.63) is 100 Å². The third-order valence-corrected chi connectivity index (χ3v) is 5.99. The molecule has 0 radical (unpaired) electrons. The Balaban J connectivity index is 1.36. The maximum absolute atomic E-state index is 12.9. The molecule has 0 unspecified atom stereocenters. The molecular formula is C26H24N4O2. The Morgan fingerprint density at radius 3 is 2.66 bits per heavy atom. The number of nitrogens with one attached hydrogen (secondary N) is 1. The summed E-state index contributed by atoms with van der Waals surface area (Å²) in [5.74, 6) is 0.271. The summed E-state index contributed by atoms with van der Waals surface area (Å²) in [7, 11) is 0. The molecule has 0 saturated carbocycles. The van der Waals surface area contributed by atoms with Crippen LogP contribution >= 0.6 is 0 Å². The average molecular weight is 425 g/mol. The summed E-state index contributed by atoms with van der Waals surface area (Å²) < 4.78 is 1.43. The van der Waals surface area contributed by atoms with Crippen molar-refractivity contribution in [2.45, 2.75) is 26.4 Å². The van der Waals surface area contributed by atoms with Crippen LogP contribution in [0.1, 0.15) is 17.0 Å². The molecule has 6 nitrogen and oxygen atoms in total. The minimum Gasteiger partial charge on any atom is -0.367 e. The van der Waals surface area contributed by atoms with Crippen LogP contribution in [0.2, 0.25) is 0 Å². The predicted molar refractivity (Wildman–Crippen MR) is 127 cm³/mol. The molecule has 0 atom stereocenters. The molecule has 0 spiro atoms. The summed E-state index contributed by atoms with van der Waals surface area (Å²) in [6.07, 6.45) is 1.03. The van der Waals surface area contributed by atoms with Gasteiger partial charge in [0.2, 0.25) is 5.91 Å². The molecular weight excluding hydrogens is 400 g/mol. The van der Waals surface area contributed by atoms with Crippen LogP contribution in [0.25, 0.3) is 10.9 Å². The first kappa shape index (κ1) is 20.0. The Bertz CT molecular complexity index is 1380. The third kappa shape index (κ3) is 3.75. The first-order chi connectivity index (χ1) is 15.6. The van der Waals surface area contributed by atoms with E-state index in [-0.39, 0.29) is 18.0 Å². The van der Waals surface area contributed by atoms with Gasteiger partial charge in [0.15, 0.2) is 0 Å². The van der Waals surface area contributed by atoms with Crippen molar-refractivity contribution < 1.29 is 4.79 Å². The number of nitrogens with zero attached hydrogens (tertiary/aromatic N) is 3. The van der Waals surface area contributed by atoms with Crippen molar-refractivity contribution in [3.8, 4) is 0 Å². The fourth-order valence-electron chi connectivity index (χ4n) is 4.36. The van der Waals surface area contributed by atoms with Gasteiger partial charge in [0.1, 0.15) is 12.4 Å². The highest BCUT2D eigenvalue weighted by molar-refractivity contribution is 5.91. The summed E-state index contributed by atoms with van der Waals surface area (Å²) >= 11 is 0. The third-order valence-electron chi connectivity index (χ3n) is 5.99. The molecule has 1 aliphatic rings. The van der Waals surface area contributed by atoms with E-state index in [1.54, 1.807) is 25.1 Å². The van der Waals surface area contributed by atoms with Gasteiger partial charge in [-0.15, -0.1) is 0 Å². The number of aromatic nitrogens is 2. The van der Waals surface area contributed by atoms with E-state index in [9.17, 15) is 9.59 Å². The Morgan fingerprint density at radius 1 is 1.00 bits per heavy atom. The smallest absolute Gasteiger partial charge is 0.261 e. The minimum atomic E-state index is -0.249. The van der Waals surface area contributed by atoms with E-state index in [1.165, 1.54) is 15.8 Å². The maximum Gasteiger partial charge on any atom is 0.261 e. The highest BCUT2D eigenvalue weighted by Gasteiger charge is 2.20. The predicted octanol–water partition coefficient (Wildman–Crippen LogP) is 3.91. The zero-order chi connectivity index (χ0) is 22.1. The van der Waals surface area contributed by atoms with Gasteiger partial charge in [-0.2, -0.15) is 0 Å². The van der Waals surface area contributed by atoms with Gasteiger partial charge in [-0.3, -0.25) is 14.2 Å². The quantitative estimate of drug-likeness (QED) is 0.528. The van der Waals surface area contributed by atoms with Crippen LogP contribution in [0, 0.1) is 6.92 Å². The van der Waals surface area contributed by atoms with Gasteiger partial charge in [0, 0.05) is 24.5 Å². The van der Waals surface area contributed by atoms with E-state index in [0.29, 0.717) is 23.3 Å². The first-order valence-electron chi connectivity index (χ1n) is 10.8. The van der Waals surface area contributed by atoms with Crippen molar-refractivity contribution in [1.29, 1.82) is 0 Å². The van der Waals surface area contributed by atoms with E-state index in [1.807, 2.05) is 30.3 Å². The first-order valence-corrected chi connectivity index (χ1v) is 10.8. The molecule has 6 heteroatoms. The molecule has 1 aliphatic heterocycles. The Hall–Kier alpha value is -3.93. The van der Waals surface area contributed by atoms with Crippen LogP contribution in [0.5, 0.6) is 0 Å². The maximum atomic E-state index is 12.9. The average Bonchev–Trinajstić information content (AvgIpc) is 3.21. The lowest BCUT2D eigenvalue weighted by Gasteiger charge is -2.21. The van der Waals surface area contributed by atoms with Gasteiger partial charge >= 0.3 is 0 Å². The fraction of sp³-hybridized carbons (Fsp3) is 0.192. The van der Waals surface area contributed by atoms with Crippen LogP contribution in [0.15, 0.2) is 77.6 Å². The summed E-state index contributed by atoms with van der Waals surface area (Å²) in [5, 5.41) is 3.52. The molecule has 2 heterocycles. The summed E-state index contributed by atoms with van der Waals surface area (Å²) in [6, 6.07) is 23.5. The Kier molecular flexibility index (Phi) is 5.19. The number of hydrogen-bond acceptors (Lipinski definition) is 4. The van der Waals surface area contributed by atoms with Gasteiger partial charge in [-0.1, -0.05) is 48.5 Å². The van der Waals surface area contributed by atoms with Crippen LogP contribution in [-0.4, -0.2) is 22.0 Å². The molecule has 3 aromatic carbocycles. The van der Waals surface area contributed by atoms with E-state index in [2.05, 4.69) is 39.5 Å². The molecule has 1 aromatic heterocycles. The summed E-state index contributed by atoms with van der Waals surface area (Å²) in [4.78, 5) is 32.6. The molecule has 1 amide bonds. The topological polar surface area (TPSA) is 67.2 Å². The van der Waals surface area contributed by atoms with Crippen molar-refractivity contribution in [2.75, 3.05) is 16.8 Å². The van der Waals surface area contributed by atoms with Crippen LogP contribution in [0.4, 0.5) is 11.4 Å². The standard InChI is InChI=1S/C26H24N4O2/c1-18-27-23-12-6-4-10-21(23)26(32)30(18)17-25(31)28-22-11-5-2-9-20(22)16-29-15-14-19-8-3-7-13-24(19)29/h2-13H,14-17H2,1H3,(H,28,31). The van der Waals surface area contributed by atoms with Gasteiger partial charge < -0.3 is 10.2 Å². The monoisotopic (exact) mass is 424 g/mol. The fourth-order valence-corrected chi connectivity index (χ4v) is 4.36. The van der Waals surface area contributed by atoms with E-state index in [0.717, 1.165) is 24.2 Å². The van der Waals surface area contributed by atoms with Crippen molar-refractivity contribution in [3.63, 3.8) is 0 Å². The highest BCUT2D eigenvalue weighted by Crippen LogP contribution is 2.30. The Labute approximate surface area is 186 Å². The highest BCUT2D eigenvalue weighted by atomic mass is 16.2. The Morgan fingerprint density at radius 2 is 1.75 bits per heavy atom. The van der Waals surface area contributed by atoms with Crippen molar-refractivity contribution >= 4 is 28.2 Å². The van der Waals surface area contributed by atoms with Gasteiger partial charge in [0.05, 0.1) is 10.9 Å². The van der Waals surface area contributed by atoms with Gasteiger partial charge in [-0.05, 0) is 48.7 Å². The summed E-state index contributed by atoms with van der Waals surface area (Å²) in [6.45, 7) is 3.34. The molecule has 5 rings (SSSR count). The number of aryl methyl sites for hydroxylation is 1. The molecule has 4 aromatic rings. The number of carbonyl (C=O) groups excluding carboxylic acids is 1. The largest absolute Gasteiger partial charge is 0.367 e. The summed E-state index contributed by atoms with van der Waals surface area (Å²) in [5.41, 5.74) is 4.85. The van der Waals surface area contributed by atoms with Gasteiger partial charge in [-0.25, -0.2) is 4.98 Å². The normalized spacial score (nSPS) is 12.7. The van der Waals surface area contributed by atoms with Crippen LogP contribution in [-0.2, 0) is 24.3 Å². The lowest BCUT2D eigenvalue weighted by atomic mass is 10.1. The SMILES string of the molecule is Cc1nc2ccccc2c(=O)n1CC(=O)Nc1ccccc1CN1CCc2ccccc21. The number of amides is 1. The van der Waals surface area contributed by atoms with E-state index in [4.69, 9.17) is 0 Å². The minimum absolute atomic E-state index is 0.0800. The second-order valence-electron chi connectivity index (χ2n) is 8.07. The number of hydrogen-bond donors (Lipinski definition) is 1. The lowest BCUT2D eigenvalue weighted by Crippen LogP contribution is -2.30. The lowest BCUT2D eigenvalue weighted by molar-refractivity contribution is -0.116. The van der Waals surface area contributed by atoms with Crippen molar-refractivity contribution in [2.24, 2.45) is 0 Å². The molecule has 0 fully saturated rings. The molecule has 0 aliphatic carbocycles. The second kappa shape index (κ2) is 8.30. The zero-order valence-corrected chi connectivity index (χ0v) is 17.9. The molecule has 160 valence electrons. The number of rotatable bonds is 5. The number of carbonyl (C=O) groups is 1. The second-order valence-corrected chi connectivity index (χ2v) is 8.07. The molecule has 1 N–H and O–H groups in total. The van der Waals surface area contributed by atoms with Crippen LogP contribution in [0.3, 0.4) is 0 Å². The number of anilines is 2. The number of benzene rings is 3. The number of fused-ring (bicyclic) bond motifs is 2. The zero-order valence-electron chi connectivity index (χ0n) is 17.9. The number of para-hydroxylation sites is 3. The molecule has 0 saturated heterocycles. The van der Waals surface area contributed by atoms with E-state index >= 15 is 0 Å².